The van der Waals surface area contributed by atoms with Crippen LogP contribution in [0.2, 0.25) is 0 Å². The number of fused-ring (bicyclic) bond motifs is 1. The van der Waals surface area contributed by atoms with Crippen molar-refractivity contribution >= 4 is 0 Å². The number of alkyl halides is 3. The quantitative estimate of drug-likeness (QED) is 0.625. The van der Waals surface area contributed by atoms with Crippen molar-refractivity contribution in [1.82, 2.24) is 0 Å². The summed E-state index contributed by atoms with van der Waals surface area (Å²) in [5.41, 5.74) is 2.25. The molecular formula is C20H27F3O. The van der Waals surface area contributed by atoms with E-state index in [9.17, 15) is 13.2 Å². The lowest BCUT2D eigenvalue weighted by molar-refractivity contribution is -0.274. The van der Waals surface area contributed by atoms with Crippen LogP contribution in [0.5, 0.6) is 5.75 Å². The number of hydrogen-bond acceptors (Lipinski definition) is 1. The third-order valence-electron chi connectivity index (χ3n) is 5.93. The average Bonchev–Trinajstić information content (AvgIpc) is 2.54. The Hall–Kier alpha value is -1.19. The van der Waals surface area contributed by atoms with Crippen LogP contribution in [0.15, 0.2) is 18.2 Å². The molecule has 1 nitrogen and oxygen atoms in total. The molecule has 0 spiro atoms. The molecule has 1 aromatic rings. The van der Waals surface area contributed by atoms with Gasteiger partial charge in [-0.1, -0.05) is 38.7 Å². The van der Waals surface area contributed by atoms with Gasteiger partial charge in [0.25, 0.3) is 0 Å². The molecule has 0 aliphatic heterocycles. The van der Waals surface area contributed by atoms with E-state index in [1.807, 2.05) is 6.07 Å². The summed E-state index contributed by atoms with van der Waals surface area (Å²) >= 11 is 0. The highest BCUT2D eigenvalue weighted by atomic mass is 19.4. The Kier molecular flexibility index (Phi) is 5.41. The molecule has 0 saturated heterocycles. The second-order valence-electron chi connectivity index (χ2n) is 7.55. The molecule has 3 rings (SSSR count). The smallest absolute Gasteiger partial charge is 0.406 e. The first-order chi connectivity index (χ1) is 11.4. The lowest BCUT2D eigenvalue weighted by Crippen LogP contribution is -2.26. The second kappa shape index (κ2) is 7.37. The number of benzene rings is 1. The molecular weight excluding hydrogens is 313 g/mol. The predicted molar refractivity (Wildman–Crippen MR) is 89.0 cm³/mol. The van der Waals surface area contributed by atoms with E-state index in [-0.39, 0.29) is 5.75 Å². The molecule has 1 atom stereocenters. The maximum Gasteiger partial charge on any atom is 0.573 e. The van der Waals surface area contributed by atoms with E-state index in [1.54, 1.807) is 6.07 Å². The van der Waals surface area contributed by atoms with Gasteiger partial charge in [0.1, 0.15) is 5.75 Å². The minimum Gasteiger partial charge on any atom is -0.406 e. The Morgan fingerprint density at radius 1 is 1.00 bits per heavy atom. The van der Waals surface area contributed by atoms with Crippen molar-refractivity contribution in [2.75, 3.05) is 0 Å². The number of aryl methyl sites for hydroxylation is 1. The highest BCUT2D eigenvalue weighted by molar-refractivity contribution is 5.37. The van der Waals surface area contributed by atoms with Crippen molar-refractivity contribution in [3.63, 3.8) is 0 Å². The summed E-state index contributed by atoms with van der Waals surface area (Å²) in [6, 6.07) is 4.88. The lowest BCUT2D eigenvalue weighted by Gasteiger charge is -2.36. The van der Waals surface area contributed by atoms with Gasteiger partial charge in [-0.2, -0.15) is 0 Å². The molecule has 2 aliphatic carbocycles. The van der Waals surface area contributed by atoms with Gasteiger partial charge < -0.3 is 4.74 Å². The van der Waals surface area contributed by atoms with Crippen LogP contribution in [-0.2, 0) is 12.8 Å². The molecule has 4 heteroatoms. The molecule has 1 saturated carbocycles. The molecule has 24 heavy (non-hydrogen) atoms. The number of hydrogen-bond donors (Lipinski definition) is 0. The van der Waals surface area contributed by atoms with Crippen molar-refractivity contribution in [2.24, 2.45) is 17.8 Å². The number of ether oxygens (including phenoxy) is 1. The molecule has 0 amide bonds. The molecule has 0 radical (unpaired) electrons. The largest absolute Gasteiger partial charge is 0.573 e. The highest BCUT2D eigenvalue weighted by Crippen LogP contribution is 2.41. The second-order valence-corrected chi connectivity index (χ2v) is 7.55. The monoisotopic (exact) mass is 340 g/mol. The summed E-state index contributed by atoms with van der Waals surface area (Å²) in [7, 11) is 0. The SMILES string of the molecule is CCCC1CCC(C2CCc3cc(OC(F)(F)F)ccc3C2)CC1. The van der Waals surface area contributed by atoms with E-state index in [0.717, 1.165) is 36.7 Å². The van der Waals surface area contributed by atoms with Crippen molar-refractivity contribution in [2.45, 2.75) is 71.1 Å². The van der Waals surface area contributed by atoms with E-state index in [0.29, 0.717) is 5.92 Å². The van der Waals surface area contributed by atoms with Crippen LogP contribution < -0.4 is 4.74 Å². The molecule has 1 fully saturated rings. The third-order valence-corrected chi connectivity index (χ3v) is 5.93. The third kappa shape index (κ3) is 4.46. The van der Waals surface area contributed by atoms with Gasteiger partial charge in [0.05, 0.1) is 0 Å². The molecule has 134 valence electrons. The lowest BCUT2D eigenvalue weighted by atomic mass is 9.69. The van der Waals surface area contributed by atoms with Gasteiger partial charge >= 0.3 is 6.36 Å². The van der Waals surface area contributed by atoms with Gasteiger partial charge in [-0.3, -0.25) is 0 Å². The zero-order valence-electron chi connectivity index (χ0n) is 14.4. The molecule has 0 aromatic heterocycles. The summed E-state index contributed by atoms with van der Waals surface area (Å²) < 4.78 is 41.1. The van der Waals surface area contributed by atoms with Crippen LogP contribution in [-0.4, -0.2) is 6.36 Å². The van der Waals surface area contributed by atoms with Crippen molar-refractivity contribution in [1.29, 1.82) is 0 Å². The van der Waals surface area contributed by atoms with Gasteiger partial charge in [0.15, 0.2) is 0 Å². The van der Waals surface area contributed by atoms with Crippen molar-refractivity contribution < 1.29 is 17.9 Å². The number of halogens is 3. The van der Waals surface area contributed by atoms with Gasteiger partial charge in [-0.15, -0.1) is 13.2 Å². The summed E-state index contributed by atoms with van der Waals surface area (Å²) in [6.45, 7) is 2.26. The van der Waals surface area contributed by atoms with Crippen LogP contribution in [0.3, 0.4) is 0 Å². The van der Waals surface area contributed by atoms with Crippen LogP contribution in [0.25, 0.3) is 0 Å². The Morgan fingerprint density at radius 2 is 1.75 bits per heavy atom. The standard InChI is InChI=1S/C20H27F3O/c1-2-3-14-4-6-15(7-5-14)16-8-9-18-13-19(24-20(21,22)23)11-10-17(18)12-16/h10-11,13-16H,2-9,12H2,1H3. The Morgan fingerprint density at radius 3 is 2.42 bits per heavy atom. The fraction of sp³-hybridized carbons (Fsp3) is 0.700. The number of rotatable bonds is 4. The molecule has 0 bridgehead atoms. The normalized spacial score (nSPS) is 27.6. The Labute approximate surface area is 142 Å². The van der Waals surface area contributed by atoms with E-state index >= 15 is 0 Å². The first-order valence-electron chi connectivity index (χ1n) is 9.32. The fourth-order valence-corrected chi connectivity index (χ4v) is 4.72. The zero-order chi connectivity index (χ0) is 17.2. The van der Waals surface area contributed by atoms with Gasteiger partial charge in [0, 0.05) is 0 Å². The first-order valence-corrected chi connectivity index (χ1v) is 9.32. The van der Waals surface area contributed by atoms with Crippen molar-refractivity contribution in [3.05, 3.63) is 29.3 Å². The minimum absolute atomic E-state index is 0.0835. The van der Waals surface area contributed by atoms with Gasteiger partial charge in [0.2, 0.25) is 0 Å². The van der Waals surface area contributed by atoms with E-state index < -0.39 is 6.36 Å². The Bertz CT molecular complexity index is 544. The summed E-state index contributed by atoms with van der Waals surface area (Å²) in [5.74, 6) is 2.34. The Balaban J connectivity index is 1.59. The molecule has 2 aliphatic rings. The summed E-state index contributed by atoms with van der Waals surface area (Å²) in [6.07, 6.45) is 6.43. The maximum atomic E-state index is 12.3. The van der Waals surface area contributed by atoms with Crippen molar-refractivity contribution in [3.8, 4) is 5.75 Å². The van der Waals surface area contributed by atoms with E-state index in [4.69, 9.17) is 0 Å². The van der Waals surface area contributed by atoms with Gasteiger partial charge in [-0.25, -0.2) is 0 Å². The molecule has 1 unspecified atom stereocenters. The van der Waals surface area contributed by atoms with Crippen LogP contribution in [0, 0.1) is 17.8 Å². The molecule has 0 N–H and O–H groups in total. The first kappa shape index (κ1) is 17.6. The fourth-order valence-electron chi connectivity index (χ4n) is 4.72. The molecule has 0 heterocycles. The predicted octanol–water partition coefficient (Wildman–Crippen LogP) is 6.30. The van der Waals surface area contributed by atoms with E-state index in [2.05, 4.69) is 11.7 Å². The van der Waals surface area contributed by atoms with E-state index in [1.165, 1.54) is 50.2 Å². The maximum absolute atomic E-state index is 12.3. The van der Waals surface area contributed by atoms with Gasteiger partial charge in [-0.05, 0) is 73.1 Å². The summed E-state index contributed by atoms with van der Waals surface area (Å²) in [5, 5.41) is 0. The minimum atomic E-state index is -4.61. The zero-order valence-corrected chi connectivity index (χ0v) is 14.4. The van der Waals surface area contributed by atoms with Crippen LogP contribution in [0.1, 0.15) is 63.0 Å². The highest BCUT2D eigenvalue weighted by Gasteiger charge is 2.33. The molecule has 1 aromatic carbocycles. The van der Waals surface area contributed by atoms with Crippen LogP contribution >= 0.6 is 0 Å². The topological polar surface area (TPSA) is 9.23 Å². The van der Waals surface area contributed by atoms with Crippen LogP contribution in [0.4, 0.5) is 13.2 Å². The average molecular weight is 340 g/mol. The summed E-state index contributed by atoms with van der Waals surface area (Å²) in [4.78, 5) is 0.